The Hall–Kier alpha value is -1.11. The number of halogens is 1. The molecule has 0 aliphatic heterocycles. The van der Waals surface area contributed by atoms with Crippen molar-refractivity contribution in [2.45, 2.75) is 58.5 Å². The van der Waals surface area contributed by atoms with Gasteiger partial charge in [-0.15, -0.1) is 0 Å². The molecule has 0 radical (unpaired) electrons. The van der Waals surface area contributed by atoms with Crippen molar-refractivity contribution < 1.29 is 4.39 Å². The van der Waals surface area contributed by atoms with E-state index >= 15 is 0 Å². The number of unbranched alkanes of at least 4 members (excludes halogenated alkanes) is 4. The standard InChI is InChI=1S/C17H25F/c1-4-5-6-7-8-9-17(18)15(3)16-12-10-14(2)11-13-16/h10-13,17H,3-9H2,1-2H3. The molecule has 0 amide bonds. The largest absolute Gasteiger partial charge is 0.242 e. The van der Waals surface area contributed by atoms with Gasteiger partial charge in [-0.2, -0.15) is 0 Å². The fourth-order valence-electron chi connectivity index (χ4n) is 2.05. The highest BCUT2D eigenvalue weighted by Gasteiger charge is 2.12. The van der Waals surface area contributed by atoms with Crippen LogP contribution in [0.15, 0.2) is 30.8 Å². The van der Waals surface area contributed by atoms with Crippen molar-refractivity contribution in [2.24, 2.45) is 0 Å². The van der Waals surface area contributed by atoms with Gasteiger partial charge in [0.15, 0.2) is 0 Å². The zero-order valence-electron chi connectivity index (χ0n) is 11.7. The summed E-state index contributed by atoms with van der Waals surface area (Å²) in [6.45, 7) is 8.12. The summed E-state index contributed by atoms with van der Waals surface area (Å²) in [5, 5.41) is 0. The van der Waals surface area contributed by atoms with Gasteiger partial charge < -0.3 is 0 Å². The molecule has 0 spiro atoms. The molecule has 100 valence electrons. The third-order valence-electron chi connectivity index (χ3n) is 3.36. The predicted molar refractivity (Wildman–Crippen MR) is 78.5 cm³/mol. The van der Waals surface area contributed by atoms with Crippen molar-refractivity contribution in [1.82, 2.24) is 0 Å². The zero-order chi connectivity index (χ0) is 13.4. The van der Waals surface area contributed by atoms with E-state index < -0.39 is 6.17 Å². The van der Waals surface area contributed by atoms with Crippen LogP contribution in [-0.2, 0) is 0 Å². The van der Waals surface area contributed by atoms with Crippen molar-refractivity contribution in [1.29, 1.82) is 0 Å². The highest BCUT2D eigenvalue weighted by Crippen LogP contribution is 2.23. The maximum Gasteiger partial charge on any atom is 0.125 e. The second-order valence-corrected chi connectivity index (χ2v) is 5.06. The van der Waals surface area contributed by atoms with Crippen LogP contribution in [-0.4, -0.2) is 6.17 Å². The lowest BCUT2D eigenvalue weighted by Gasteiger charge is -2.12. The highest BCUT2D eigenvalue weighted by molar-refractivity contribution is 5.66. The Kier molecular flexibility index (Phi) is 6.70. The molecular formula is C17H25F. The Labute approximate surface area is 111 Å². The number of aryl methyl sites for hydroxylation is 1. The minimum absolute atomic E-state index is 0.608. The van der Waals surface area contributed by atoms with Crippen molar-refractivity contribution in [3.8, 4) is 0 Å². The minimum Gasteiger partial charge on any atom is -0.242 e. The van der Waals surface area contributed by atoms with Gasteiger partial charge in [0.1, 0.15) is 6.17 Å². The van der Waals surface area contributed by atoms with Crippen LogP contribution in [0, 0.1) is 6.92 Å². The van der Waals surface area contributed by atoms with Crippen LogP contribution in [0.25, 0.3) is 5.57 Å². The Morgan fingerprint density at radius 2 is 1.72 bits per heavy atom. The Morgan fingerprint density at radius 1 is 1.11 bits per heavy atom. The Bertz CT molecular complexity index is 350. The molecule has 0 fully saturated rings. The molecule has 1 aromatic carbocycles. The fraction of sp³-hybridized carbons (Fsp3) is 0.529. The third-order valence-corrected chi connectivity index (χ3v) is 3.36. The molecule has 1 rings (SSSR count). The average Bonchev–Trinajstić information content (AvgIpc) is 2.38. The van der Waals surface area contributed by atoms with Crippen LogP contribution in [0.4, 0.5) is 4.39 Å². The first-order valence-electron chi connectivity index (χ1n) is 7.05. The summed E-state index contributed by atoms with van der Waals surface area (Å²) in [7, 11) is 0. The topological polar surface area (TPSA) is 0 Å². The van der Waals surface area contributed by atoms with E-state index in [-0.39, 0.29) is 0 Å². The van der Waals surface area contributed by atoms with Gasteiger partial charge in [0.25, 0.3) is 0 Å². The van der Waals surface area contributed by atoms with E-state index in [2.05, 4.69) is 13.5 Å². The van der Waals surface area contributed by atoms with Gasteiger partial charge in [-0.3, -0.25) is 0 Å². The van der Waals surface area contributed by atoms with Gasteiger partial charge in [0.05, 0.1) is 0 Å². The summed E-state index contributed by atoms with van der Waals surface area (Å²) >= 11 is 0. The fourth-order valence-corrected chi connectivity index (χ4v) is 2.05. The van der Waals surface area contributed by atoms with E-state index in [1.54, 1.807) is 0 Å². The van der Waals surface area contributed by atoms with Gasteiger partial charge >= 0.3 is 0 Å². The number of alkyl halides is 1. The van der Waals surface area contributed by atoms with E-state index in [0.717, 1.165) is 18.4 Å². The lowest BCUT2D eigenvalue weighted by molar-refractivity contribution is 0.376. The molecule has 0 N–H and O–H groups in total. The molecule has 1 unspecified atom stereocenters. The van der Waals surface area contributed by atoms with E-state index in [1.165, 1.54) is 24.8 Å². The molecule has 1 heteroatoms. The molecule has 0 aliphatic carbocycles. The number of hydrogen-bond acceptors (Lipinski definition) is 0. The summed E-state index contributed by atoms with van der Waals surface area (Å²) in [6, 6.07) is 7.94. The van der Waals surface area contributed by atoms with Crippen LogP contribution in [0.1, 0.15) is 56.6 Å². The van der Waals surface area contributed by atoms with E-state index in [0.29, 0.717) is 12.0 Å². The average molecular weight is 248 g/mol. The molecule has 0 aliphatic rings. The van der Waals surface area contributed by atoms with Crippen LogP contribution < -0.4 is 0 Å². The van der Waals surface area contributed by atoms with Crippen LogP contribution >= 0.6 is 0 Å². The lowest BCUT2D eigenvalue weighted by atomic mass is 9.98. The molecule has 18 heavy (non-hydrogen) atoms. The highest BCUT2D eigenvalue weighted by atomic mass is 19.1. The summed E-state index contributed by atoms with van der Waals surface area (Å²) < 4.78 is 14.0. The molecule has 1 atom stereocenters. The summed E-state index contributed by atoms with van der Waals surface area (Å²) in [6.07, 6.45) is 5.53. The van der Waals surface area contributed by atoms with Crippen molar-refractivity contribution >= 4 is 5.57 Å². The molecule has 0 aromatic heterocycles. The van der Waals surface area contributed by atoms with Gasteiger partial charge in [0, 0.05) is 0 Å². The quantitative estimate of drug-likeness (QED) is 0.517. The van der Waals surface area contributed by atoms with E-state index in [4.69, 9.17) is 0 Å². The zero-order valence-corrected chi connectivity index (χ0v) is 11.7. The minimum atomic E-state index is -0.894. The maximum atomic E-state index is 14.0. The summed E-state index contributed by atoms with van der Waals surface area (Å²) in [4.78, 5) is 0. The van der Waals surface area contributed by atoms with Crippen molar-refractivity contribution in [2.75, 3.05) is 0 Å². The van der Waals surface area contributed by atoms with Crippen molar-refractivity contribution in [3.05, 3.63) is 42.0 Å². The van der Waals surface area contributed by atoms with Crippen LogP contribution in [0.5, 0.6) is 0 Å². The molecule has 0 saturated carbocycles. The number of rotatable bonds is 8. The first-order valence-corrected chi connectivity index (χ1v) is 7.05. The molecule has 1 aromatic rings. The first kappa shape index (κ1) is 14.9. The second kappa shape index (κ2) is 8.07. The second-order valence-electron chi connectivity index (χ2n) is 5.06. The summed E-state index contributed by atoms with van der Waals surface area (Å²) in [5.74, 6) is 0. The molecule has 0 bridgehead atoms. The van der Waals surface area contributed by atoms with Gasteiger partial charge in [0.2, 0.25) is 0 Å². The third kappa shape index (κ3) is 5.03. The normalized spacial score (nSPS) is 12.4. The Balaban J connectivity index is 2.34. The van der Waals surface area contributed by atoms with E-state index in [1.807, 2.05) is 31.2 Å². The van der Waals surface area contributed by atoms with Crippen molar-refractivity contribution in [3.63, 3.8) is 0 Å². The SMILES string of the molecule is C=C(c1ccc(C)cc1)C(F)CCCCCCC. The molecule has 0 nitrogen and oxygen atoms in total. The molecule has 0 heterocycles. The molecule has 0 saturated heterocycles. The van der Waals surface area contributed by atoms with Gasteiger partial charge in [-0.1, -0.05) is 75.4 Å². The lowest BCUT2D eigenvalue weighted by Crippen LogP contribution is -2.02. The number of benzene rings is 1. The Morgan fingerprint density at radius 3 is 2.33 bits per heavy atom. The first-order chi connectivity index (χ1) is 8.65. The smallest absolute Gasteiger partial charge is 0.125 e. The van der Waals surface area contributed by atoms with Gasteiger partial charge in [-0.25, -0.2) is 4.39 Å². The number of allylic oxidation sites excluding steroid dienone is 1. The van der Waals surface area contributed by atoms with E-state index in [9.17, 15) is 4.39 Å². The maximum absolute atomic E-state index is 14.0. The molecular weight excluding hydrogens is 223 g/mol. The van der Waals surface area contributed by atoms with Crippen LogP contribution in [0.2, 0.25) is 0 Å². The number of hydrogen-bond donors (Lipinski definition) is 0. The monoisotopic (exact) mass is 248 g/mol. The summed E-state index contributed by atoms with van der Waals surface area (Å²) in [5.41, 5.74) is 2.76. The predicted octanol–water partition coefficient (Wildman–Crippen LogP) is 5.71. The van der Waals surface area contributed by atoms with Gasteiger partial charge in [-0.05, 0) is 24.5 Å². The van der Waals surface area contributed by atoms with Crippen LogP contribution in [0.3, 0.4) is 0 Å².